The van der Waals surface area contributed by atoms with E-state index in [1.54, 1.807) is 12.1 Å². The molecule has 1 rings (SSSR count). The predicted octanol–water partition coefficient (Wildman–Crippen LogP) is 2.37. The maximum atomic E-state index is 13.1. The van der Waals surface area contributed by atoms with Crippen molar-refractivity contribution in [1.29, 1.82) is 0 Å². The van der Waals surface area contributed by atoms with Crippen LogP contribution in [0.5, 0.6) is 0 Å². The second-order valence-corrected chi connectivity index (χ2v) is 2.99. The quantitative estimate of drug-likeness (QED) is 0.751. The summed E-state index contributed by atoms with van der Waals surface area (Å²) < 4.78 is 13.1. The predicted molar refractivity (Wildman–Crippen MR) is 54.1 cm³/mol. The van der Waals surface area contributed by atoms with Crippen molar-refractivity contribution in [3.8, 4) is 0 Å². The first kappa shape index (κ1) is 9.93. The van der Waals surface area contributed by atoms with Crippen LogP contribution in [0.25, 0.3) is 6.08 Å². The summed E-state index contributed by atoms with van der Waals surface area (Å²) in [4.78, 5) is 0. The molecule has 70 valence electrons. The fraction of sp³-hybridized carbons (Fsp3) is 0.273. The summed E-state index contributed by atoms with van der Waals surface area (Å²) in [5.74, 6) is -0.169. The molecule has 0 saturated carbocycles. The Labute approximate surface area is 78.3 Å². The molecule has 0 saturated heterocycles. The largest absolute Gasteiger partial charge is 0.316 e. The number of hydrogen-bond acceptors (Lipinski definition) is 1. The summed E-state index contributed by atoms with van der Waals surface area (Å²) in [5, 5.41) is 2.96. The zero-order chi connectivity index (χ0) is 9.68. The third-order valence-corrected chi connectivity index (χ3v) is 1.77. The van der Waals surface area contributed by atoms with Gasteiger partial charge in [0.25, 0.3) is 0 Å². The van der Waals surface area contributed by atoms with Crippen LogP contribution in [0.15, 0.2) is 24.3 Å². The number of nitrogens with one attached hydrogen (secondary N) is 1. The zero-order valence-corrected chi connectivity index (χ0v) is 7.97. The van der Waals surface area contributed by atoms with Crippen LogP contribution in [0.2, 0.25) is 0 Å². The number of hydrogen-bond donors (Lipinski definition) is 1. The first-order valence-electron chi connectivity index (χ1n) is 4.31. The molecule has 0 amide bonds. The van der Waals surface area contributed by atoms with E-state index in [1.165, 1.54) is 6.07 Å². The van der Waals surface area contributed by atoms with Gasteiger partial charge in [-0.25, -0.2) is 4.39 Å². The van der Waals surface area contributed by atoms with E-state index in [0.29, 0.717) is 5.56 Å². The van der Waals surface area contributed by atoms with Crippen molar-refractivity contribution in [2.45, 2.75) is 6.92 Å². The maximum absolute atomic E-state index is 13.1. The molecular formula is C11H14FN. The second-order valence-electron chi connectivity index (χ2n) is 2.99. The van der Waals surface area contributed by atoms with Gasteiger partial charge in [-0.3, -0.25) is 0 Å². The second kappa shape index (κ2) is 4.77. The van der Waals surface area contributed by atoms with Gasteiger partial charge >= 0.3 is 0 Å². The van der Waals surface area contributed by atoms with Crippen LogP contribution < -0.4 is 5.32 Å². The fourth-order valence-corrected chi connectivity index (χ4v) is 1.09. The summed E-state index contributed by atoms with van der Waals surface area (Å²) in [6, 6.07) is 5.10. The van der Waals surface area contributed by atoms with Crippen molar-refractivity contribution in [1.82, 2.24) is 5.32 Å². The molecule has 1 nitrogen and oxygen atoms in total. The van der Waals surface area contributed by atoms with Crippen molar-refractivity contribution >= 4 is 6.08 Å². The Hall–Kier alpha value is -1.15. The Kier molecular flexibility index (Phi) is 3.65. The van der Waals surface area contributed by atoms with Gasteiger partial charge in [0.2, 0.25) is 0 Å². The molecular weight excluding hydrogens is 165 g/mol. The van der Waals surface area contributed by atoms with Crippen LogP contribution in [0.4, 0.5) is 4.39 Å². The van der Waals surface area contributed by atoms with Gasteiger partial charge in [0, 0.05) is 12.1 Å². The molecule has 2 heteroatoms. The lowest BCUT2D eigenvalue weighted by molar-refractivity contribution is 0.624. The van der Waals surface area contributed by atoms with Crippen LogP contribution in [-0.2, 0) is 0 Å². The van der Waals surface area contributed by atoms with E-state index in [1.807, 2.05) is 26.1 Å². The summed E-state index contributed by atoms with van der Waals surface area (Å²) in [5.41, 5.74) is 1.72. The van der Waals surface area contributed by atoms with Crippen LogP contribution in [-0.4, -0.2) is 13.6 Å². The molecule has 0 atom stereocenters. The maximum Gasteiger partial charge on any atom is 0.130 e. The number of benzene rings is 1. The van der Waals surface area contributed by atoms with Gasteiger partial charge in [-0.2, -0.15) is 0 Å². The van der Waals surface area contributed by atoms with Gasteiger partial charge in [0.05, 0.1) is 0 Å². The van der Waals surface area contributed by atoms with E-state index >= 15 is 0 Å². The third kappa shape index (κ3) is 2.99. The Bertz CT molecular complexity index is 305. The van der Waals surface area contributed by atoms with Gasteiger partial charge in [0.1, 0.15) is 5.82 Å². The first-order chi connectivity index (χ1) is 6.24. The van der Waals surface area contributed by atoms with E-state index < -0.39 is 0 Å². The molecule has 0 aliphatic rings. The number of likely N-dealkylation sites (N-methyl/N-ethyl adjacent to an activating group) is 1. The summed E-state index contributed by atoms with van der Waals surface area (Å²) >= 11 is 0. The molecule has 0 aromatic heterocycles. The number of aryl methyl sites for hydroxylation is 1. The monoisotopic (exact) mass is 179 g/mol. The van der Waals surface area contributed by atoms with Crippen LogP contribution in [0, 0.1) is 12.7 Å². The normalized spacial score (nSPS) is 11.0. The molecule has 0 fully saturated rings. The van der Waals surface area contributed by atoms with E-state index in [4.69, 9.17) is 0 Å². The summed E-state index contributed by atoms with van der Waals surface area (Å²) in [7, 11) is 1.86. The molecule has 0 aliphatic heterocycles. The van der Waals surface area contributed by atoms with E-state index in [0.717, 1.165) is 12.1 Å². The Balaban J connectivity index is 2.81. The van der Waals surface area contributed by atoms with Gasteiger partial charge in [0.15, 0.2) is 0 Å². The molecule has 0 aliphatic carbocycles. The van der Waals surface area contributed by atoms with Gasteiger partial charge in [-0.1, -0.05) is 23.8 Å². The third-order valence-electron chi connectivity index (χ3n) is 1.77. The Morgan fingerprint density at radius 1 is 1.46 bits per heavy atom. The highest BCUT2D eigenvalue weighted by Gasteiger charge is 1.96. The van der Waals surface area contributed by atoms with Crippen molar-refractivity contribution in [2.75, 3.05) is 13.6 Å². The molecule has 1 aromatic carbocycles. The SMILES string of the molecule is CNCC=Cc1cc(C)ccc1F. The first-order valence-corrected chi connectivity index (χ1v) is 4.31. The highest BCUT2D eigenvalue weighted by atomic mass is 19.1. The topological polar surface area (TPSA) is 12.0 Å². The molecule has 0 unspecified atom stereocenters. The van der Waals surface area contributed by atoms with Crippen molar-refractivity contribution < 1.29 is 4.39 Å². The lowest BCUT2D eigenvalue weighted by Gasteiger charge is -1.98. The zero-order valence-electron chi connectivity index (χ0n) is 7.97. The Morgan fingerprint density at radius 3 is 2.92 bits per heavy atom. The minimum Gasteiger partial charge on any atom is -0.316 e. The highest BCUT2D eigenvalue weighted by molar-refractivity contribution is 5.51. The number of halogens is 1. The number of rotatable bonds is 3. The molecule has 0 radical (unpaired) electrons. The molecule has 1 aromatic rings. The van der Waals surface area contributed by atoms with Crippen molar-refractivity contribution in [3.63, 3.8) is 0 Å². The minimum absolute atomic E-state index is 0.169. The molecule has 0 bridgehead atoms. The highest BCUT2D eigenvalue weighted by Crippen LogP contribution is 2.11. The van der Waals surface area contributed by atoms with Crippen molar-refractivity contribution in [3.05, 3.63) is 41.2 Å². The average molecular weight is 179 g/mol. The van der Waals surface area contributed by atoms with Gasteiger partial charge in [-0.15, -0.1) is 0 Å². The molecule has 0 spiro atoms. The van der Waals surface area contributed by atoms with E-state index in [2.05, 4.69) is 5.32 Å². The molecule has 13 heavy (non-hydrogen) atoms. The Morgan fingerprint density at radius 2 is 2.23 bits per heavy atom. The van der Waals surface area contributed by atoms with Crippen LogP contribution in [0.3, 0.4) is 0 Å². The molecule has 0 heterocycles. The summed E-state index contributed by atoms with van der Waals surface area (Å²) in [6.07, 6.45) is 3.69. The average Bonchev–Trinajstić information content (AvgIpc) is 2.11. The molecule has 1 N–H and O–H groups in total. The van der Waals surface area contributed by atoms with Gasteiger partial charge < -0.3 is 5.32 Å². The smallest absolute Gasteiger partial charge is 0.130 e. The summed E-state index contributed by atoms with van der Waals surface area (Å²) in [6.45, 7) is 2.71. The van der Waals surface area contributed by atoms with E-state index in [-0.39, 0.29) is 5.82 Å². The standard InChI is InChI=1S/C11H14FN/c1-9-5-6-11(12)10(8-9)4-3-7-13-2/h3-6,8,13H,7H2,1-2H3. The lowest BCUT2D eigenvalue weighted by atomic mass is 10.1. The van der Waals surface area contributed by atoms with Crippen LogP contribution >= 0.6 is 0 Å². The van der Waals surface area contributed by atoms with Crippen LogP contribution in [0.1, 0.15) is 11.1 Å². The van der Waals surface area contributed by atoms with Gasteiger partial charge in [-0.05, 0) is 26.1 Å². The van der Waals surface area contributed by atoms with E-state index in [9.17, 15) is 4.39 Å². The fourth-order valence-electron chi connectivity index (χ4n) is 1.09. The minimum atomic E-state index is -0.169. The lowest BCUT2D eigenvalue weighted by Crippen LogP contribution is -2.03. The van der Waals surface area contributed by atoms with Crippen molar-refractivity contribution in [2.24, 2.45) is 0 Å².